The number of aromatic nitrogens is 4. The molecule has 0 aromatic rings. The molecule has 2 heterocycles. The van der Waals surface area contributed by atoms with Gasteiger partial charge in [0.2, 0.25) is 5.82 Å². The molecular formula is C5H4N4O. The van der Waals surface area contributed by atoms with Crippen LogP contribution in [0.4, 0.5) is 0 Å². The molecule has 0 saturated carbocycles. The molecule has 2 aliphatic heterocycles. The third-order valence-corrected chi connectivity index (χ3v) is 1.21. The first-order chi connectivity index (χ1) is 4.88. The Labute approximate surface area is 56.3 Å². The Balaban J connectivity index is 2.80. The molecule has 10 heavy (non-hydrogen) atoms. The quantitative estimate of drug-likeness (QED) is 0.518. The van der Waals surface area contributed by atoms with Gasteiger partial charge in [-0.3, -0.25) is 0 Å². The van der Waals surface area contributed by atoms with Gasteiger partial charge in [0.1, 0.15) is 6.33 Å². The SMILES string of the molecule is On1cncc2cnnc1-2. The van der Waals surface area contributed by atoms with Crippen molar-refractivity contribution >= 4 is 0 Å². The largest absolute Gasteiger partial charge is 0.425 e. The van der Waals surface area contributed by atoms with Crippen LogP contribution in [0, 0.1) is 0 Å². The van der Waals surface area contributed by atoms with E-state index in [4.69, 9.17) is 5.21 Å². The van der Waals surface area contributed by atoms with Crippen molar-refractivity contribution in [1.29, 1.82) is 0 Å². The van der Waals surface area contributed by atoms with Gasteiger partial charge in [-0.1, -0.05) is 0 Å². The highest BCUT2D eigenvalue weighted by Crippen LogP contribution is 2.13. The molecule has 5 nitrogen and oxygen atoms in total. The number of hydrogen-bond donors (Lipinski definition) is 1. The fraction of sp³-hybridized carbons (Fsp3) is 0. The van der Waals surface area contributed by atoms with Crippen LogP contribution in [-0.2, 0) is 0 Å². The van der Waals surface area contributed by atoms with E-state index < -0.39 is 0 Å². The van der Waals surface area contributed by atoms with E-state index in [9.17, 15) is 0 Å². The molecule has 0 unspecified atom stereocenters. The number of hydrogen-bond acceptors (Lipinski definition) is 4. The van der Waals surface area contributed by atoms with Crippen molar-refractivity contribution in [1.82, 2.24) is 19.9 Å². The van der Waals surface area contributed by atoms with Crippen LogP contribution in [0.25, 0.3) is 11.4 Å². The molecule has 0 atom stereocenters. The second kappa shape index (κ2) is 1.66. The first-order valence-electron chi connectivity index (χ1n) is 2.71. The maximum atomic E-state index is 9.01. The number of nitrogens with zero attached hydrogens (tertiary/aromatic N) is 4. The van der Waals surface area contributed by atoms with Crippen molar-refractivity contribution < 1.29 is 5.21 Å². The van der Waals surface area contributed by atoms with Crippen molar-refractivity contribution in [2.45, 2.75) is 0 Å². The van der Waals surface area contributed by atoms with Gasteiger partial charge in [0, 0.05) is 6.20 Å². The molecular weight excluding hydrogens is 132 g/mol. The lowest BCUT2D eigenvalue weighted by Crippen LogP contribution is -1.98. The fourth-order valence-electron chi connectivity index (χ4n) is 0.762. The minimum Gasteiger partial charge on any atom is -0.425 e. The highest BCUT2D eigenvalue weighted by atomic mass is 16.5. The molecule has 50 valence electrons. The van der Waals surface area contributed by atoms with Gasteiger partial charge >= 0.3 is 0 Å². The third kappa shape index (κ3) is 0.540. The molecule has 1 N–H and O–H groups in total. The average Bonchev–Trinajstić information content (AvgIpc) is 2.36. The summed E-state index contributed by atoms with van der Waals surface area (Å²) in [6.45, 7) is 0. The van der Waals surface area contributed by atoms with Crippen LogP contribution in [0.5, 0.6) is 0 Å². The predicted molar refractivity (Wildman–Crippen MR) is 31.6 cm³/mol. The van der Waals surface area contributed by atoms with E-state index in [0.29, 0.717) is 5.82 Å². The molecule has 0 aliphatic carbocycles. The van der Waals surface area contributed by atoms with Crippen LogP contribution in [0.1, 0.15) is 0 Å². The van der Waals surface area contributed by atoms with E-state index in [-0.39, 0.29) is 0 Å². The molecule has 2 rings (SSSR count). The molecule has 0 aromatic heterocycles. The molecule has 2 aliphatic rings. The van der Waals surface area contributed by atoms with Gasteiger partial charge in [0.05, 0.1) is 11.8 Å². The molecule has 5 heteroatoms. The van der Waals surface area contributed by atoms with Gasteiger partial charge < -0.3 is 5.21 Å². The summed E-state index contributed by atoms with van der Waals surface area (Å²) in [6.07, 6.45) is 4.38. The lowest BCUT2D eigenvalue weighted by atomic mass is 10.3. The van der Waals surface area contributed by atoms with Crippen LogP contribution >= 0.6 is 0 Å². The monoisotopic (exact) mass is 136 g/mol. The minimum atomic E-state index is 0.426. The first-order valence-corrected chi connectivity index (χ1v) is 2.71. The molecule has 0 spiro atoms. The Morgan fingerprint density at radius 1 is 1.40 bits per heavy atom. The summed E-state index contributed by atoms with van der Waals surface area (Å²) < 4.78 is 0.836. The number of fused-ring (bicyclic) bond motifs is 1. The van der Waals surface area contributed by atoms with Gasteiger partial charge in [0.25, 0.3) is 0 Å². The van der Waals surface area contributed by atoms with Crippen LogP contribution in [0.15, 0.2) is 18.7 Å². The van der Waals surface area contributed by atoms with Crippen molar-refractivity contribution in [3.63, 3.8) is 0 Å². The Hall–Kier alpha value is -1.65. The van der Waals surface area contributed by atoms with Crippen LogP contribution in [-0.4, -0.2) is 25.1 Å². The highest BCUT2D eigenvalue weighted by molar-refractivity contribution is 5.52. The topological polar surface area (TPSA) is 63.8 Å². The molecule has 0 fully saturated rings. The minimum absolute atomic E-state index is 0.426. The zero-order valence-electron chi connectivity index (χ0n) is 4.97. The number of rotatable bonds is 0. The summed E-state index contributed by atoms with van der Waals surface area (Å²) in [7, 11) is 0. The van der Waals surface area contributed by atoms with Gasteiger partial charge in [-0.25, -0.2) is 4.98 Å². The predicted octanol–water partition coefficient (Wildman–Crippen LogP) is 0.0152. The van der Waals surface area contributed by atoms with E-state index in [1.807, 2.05) is 0 Å². The molecule has 0 aromatic carbocycles. The van der Waals surface area contributed by atoms with Gasteiger partial charge in [-0.15, -0.1) is 5.10 Å². The average molecular weight is 136 g/mol. The summed E-state index contributed by atoms with van der Waals surface area (Å²) in [6, 6.07) is 0. The normalized spacial score (nSPS) is 10.4. The van der Waals surface area contributed by atoms with E-state index in [1.54, 1.807) is 6.20 Å². The first kappa shape index (κ1) is 5.16. The Morgan fingerprint density at radius 2 is 2.30 bits per heavy atom. The Bertz CT molecular complexity index is 318. The maximum absolute atomic E-state index is 9.01. The van der Waals surface area contributed by atoms with Crippen LogP contribution < -0.4 is 0 Å². The van der Waals surface area contributed by atoms with E-state index >= 15 is 0 Å². The molecule has 0 amide bonds. The zero-order valence-corrected chi connectivity index (χ0v) is 4.97. The maximum Gasteiger partial charge on any atom is 0.201 e. The van der Waals surface area contributed by atoms with E-state index in [0.717, 1.165) is 10.3 Å². The Morgan fingerprint density at radius 3 is 3.10 bits per heavy atom. The summed E-state index contributed by atoms with van der Waals surface area (Å²) in [5, 5.41) is 16.2. The van der Waals surface area contributed by atoms with Gasteiger partial charge in [-0.2, -0.15) is 9.83 Å². The van der Waals surface area contributed by atoms with E-state index in [1.165, 1.54) is 12.5 Å². The van der Waals surface area contributed by atoms with Crippen molar-refractivity contribution in [2.75, 3.05) is 0 Å². The second-order valence-electron chi connectivity index (χ2n) is 1.86. The summed E-state index contributed by atoms with van der Waals surface area (Å²) >= 11 is 0. The van der Waals surface area contributed by atoms with Crippen molar-refractivity contribution in [3.05, 3.63) is 18.7 Å². The van der Waals surface area contributed by atoms with E-state index in [2.05, 4.69) is 15.2 Å². The van der Waals surface area contributed by atoms with Gasteiger partial charge in [-0.05, 0) is 0 Å². The second-order valence-corrected chi connectivity index (χ2v) is 1.86. The summed E-state index contributed by atoms with van der Waals surface area (Å²) in [4.78, 5) is 3.72. The summed E-state index contributed by atoms with van der Waals surface area (Å²) in [5.41, 5.74) is 0.727. The lowest BCUT2D eigenvalue weighted by molar-refractivity contribution is 0.182. The summed E-state index contributed by atoms with van der Waals surface area (Å²) in [5.74, 6) is 0.426. The zero-order chi connectivity index (χ0) is 6.97. The van der Waals surface area contributed by atoms with Crippen LogP contribution in [0.2, 0.25) is 0 Å². The standard InChI is InChI=1S/C5H4N4O/c10-9-3-6-1-4-2-7-8-5(4)9/h1-3,10H. The highest BCUT2D eigenvalue weighted by Gasteiger charge is 2.07. The van der Waals surface area contributed by atoms with Crippen molar-refractivity contribution in [2.24, 2.45) is 0 Å². The molecule has 0 radical (unpaired) electrons. The lowest BCUT2D eigenvalue weighted by Gasteiger charge is -1.98. The fourth-order valence-corrected chi connectivity index (χ4v) is 0.762. The third-order valence-electron chi connectivity index (χ3n) is 1.21. The van der Waals surface area contributed by atoms with Crippen molar-refractivity contribution in [3.8, 4) is 11.4 Å². The Kier molecular flexibility index (Phi) is 0.858. The molecule has 0 bridgehead atoms. The smallest absolute Gasteiger partial charge is 0.201 e. The van der Waals surface area contributed by atoms with Gasteiger partial charge in [0.15, 0.2) is 0 Å². The molecule has 0 saturated heterocycles. The van der Waals surface area contributed by atoms with Crippen LogP contribution in [0.3, 0.4) is 0 Å².